The molecule has 0 fully saturated rings. The second-order valence-corrected chi connectivity index (χ2v) is 3.60. The molecule has 1 aromatic rings. The first-order valence-corrected chi connectivity index (χ1v) is 5.61. The van der Waals surface area contributed by atoms with Gasteiger partial charge in [0.25, 0.3) is 0 Å². The second kappa shape index (κ2) is 7.05. The van der Waals surface area contributed by atoms with Gasteiger partial charge in [-0.15, -0.1) is 0 Å². The maximum atomic E-state index is 13.0. The van der Waals surface area contributed by atoms with Crippen molar-refractivity contribution in [3.8, 4) is 11.8 Å². The Morgan fingerprint density at radius 1 is 1.35 bits per heavy atom. The Labute approximate surface area is 102 Å². The number of rotatable bonds is 4. The summed E-state index contributed by atoms with van der Waals surface area (Å²) >= 11 is 0. The summed E-state index contributed by atoms with van der Waals surface area (Å²) in [6.07, 6.45) is -0.246. The number of benzene rings is 1. The first-order chi connectivity index (χ1) is 8.13. The lowest BCUT2D eigenvalue weighted by Crippen LogP contribution is -2.12. The average molecular weight is 236 g/mol. The van der Waals surface area contributed by atoms with Crippen LogP contribution in [-0.4, -0.2) is 19.5 Å². The molecule has 0 aliphatic rings. The molecular weight excluding hydrogens is 219 g/mol. The van der Waals surface area contributed by atoms with E-state index in [0.29, 0.717) is 18.8 Å². The van der Waals surface area contributed by atoms with Crippen LogP contribution < -0.4 is 0 Å². The van der Waals surface area contributed by atoms with Gasteiger partial charge < -0.3 is 9.47 Å². The number of aryl methyl sites for hydroxylation is 1. The lowest BCUT2D eigenvalue weighted by atomic mass is 10.1. The molecule has 0 saturated carbocycles. The van der Waals surface area contributed by atoms with E-state index < -0.39 is 0 Å². The Kier molecular flexibility index (Phi) is 5.68. The molecule has 1 rings (SSSR count). The van der Waals surface area contributed by atoms with Gasteiger partial charge in [0, 0.05) is 12.2 Å². The molecule has 0 aliphatic carbocycles. The van der Waals surface area contributed by atoms with E-state index in [0.717, 1.165) is 5.56 Å². The van der Waals surface area contributed by atoms with E-state index in [1.54, 1.807) is 19.1 Å². The minimum Gasteiger partial charge on any atom is -0.353 e. The van der Waals surface area contributed by atoms with Gasteiger partial charge in [-0.2, -0.15) is 0 Å². The molecule has 1 unspecified atom stereocenters. The highest BCUT2D eigenvalue weighted by atomic mass is 19.1. The summed E-state index contributed by atoms with van der Waals surface area (Å²) in [4.78, 5) is 0. The summed E-state index contributed by atoms with van der Waals surface area (Å²) in [5, 5.41) is 0. The van der Waals surface area contributed by atoms with Crippen molar-refractivity contribution >= 4 is 0 Å². The van der Waals surface area contributed by atoms with E-state index in [-0.39, 0.29) is 12.1 Å². The maximum absolute atomic E-state index is 13.0. The van der Waals surface area contributed by atoms with E-state index >= 15 is 0 Å². The highest BCUT2D eigenvalue weighted by Crippen LogP contribution is 2.07. The zero-order chi connectivity index (χ0) is 12.7. The van der Waals surface area contributed by atoms with Gasteiger partial charge >= 0.3 is 0 Å². The molecule has 1 atom stereocenters. The Morgan fingerprint density at radius 2 is 2.12 bits per heavy atom. The van der Waals surface area contributed by atoms with Crippen LogP contribution in [0.25, 0.3) is 0 Å². The van der Waals surface area contributed by atoms with Gasteiger partial charge in [0.2, 0.25) is 0 Å². The van der Waals surface area contributed by atoms with E-state index in [4.69, 9.17) is 9.47 Å². The van der Waals surface area contributed by atoms with Crippen molar-refractivity contribution in [3.63, 3.8) is 0 Å². The fourth-order valence-electron chi connectivity index (χ4n) is 1.30. The number of hydrogen-bond donors (Lipinski definition) is 0. The normalized spacial score (nSPS) is 11.8. The van der Waals surface area contributed by atoms with Crippen LogP contribution in [0, 0.1) is 24.6 Å². The van der Waals surface area contributed by atoms with Crippen molar-refractivity contribution in [2.45, 2.75) is 27.1 Å². The van der Waals surface area contributed by atoms with E-state index in [2.05, 4.69) is 11.8 Å². The molecule has 0 aliphatic heterocycles. The second-order valence-electron chi connectivity index (χ2n) is 3.60. The van der Waals surface area contributed by atoms with Gasteiger partial charge in [0.1, 0.15) is 12.4 Å². The van der Waals surface area contributed by atoms with Crippen LogP contribution in [0.2, 0.25) is 0 Å². The molecule has 0 spiro atoms. The lowest BCUT2D eigenvalue weighted by Gasteiger charge is -2.09. The Hall–Kier alpha value is -1.37. The van der Waals surface area contributed by atoms with Gasteiger partial charge in [0.05, 0.1) is 0 Å². The lowest BCUT2D eigenvalue weighted by molar-refractivity contribution is -0.117. The zero-order valence-electron chi connectivity index (χ0n) is 10.4. The van der Waals surface area contributed by atoms with Crippen molar-refractivity contribution in [1.82, 2.24) is 0 Å². The van der Waals surface area contributed by atoms with E-state index in [9.17, 15) is 4.39 Å². The molecule has 0 aromatic heterocycles. The molecule has 0 heterocycles. The van der Waals surface area contributed by atoms with Gasteiger partial charge in [-0.25, -0.2) is 4.39 Å². The van der Waals surface area contributed by atoms with E-state index in [1.165, 1.54) is 6.07 Å². The predicted molar refractivity (Wildman–Crippen MR) is 65.1 cm³/mol. The van der Waals surface area contributed by atoms with Crippen molar-refractivity contribution in [2.24, 2.45) is 0 Å². The van der Waals surface area contributed by atoms with Crippen LogP contribution in [0.1, 0.15) is 25.0 Å². The minimum atomic E-state index is -0.246. The first-order valence-electron chi connectivity index (χ1n) is 5.61. The summed E-state index contributed by atoms with van der Waals surface area (Å²) in [6, 6.07) is 4.79. The van der Waals surface area contributed by atoms with Crippen LogP contribution in [0.3, 0.4) is 0 Å². The van der Waals surface area contributed by atoms with Crippen molar-refractivity contribution in [3.05, 3.63) is 35.1 Å². The summed E-state index contributed by atoms with van der Waals surface area (Å²) in [5.74, 6) is 5.56. The SMILES string of the molecule is CCOC(C)OCC#Cc1ccc(F)c(C)c1. The topological polar surface area (TPSA) is 18.5 Å². The van der Waals surface area contributed by atoms with Gasteiger partial charge in [0.15, 0.2) is 6.29 Å². The Morgan fingerprint density at radius 3 is 2.76 bits per heavy atom. The molecule has 2 nitrogen and oxygen atoms in total. The van der Waals surface area contributed by atoms with Crippen molar-refractivity contribution in [1.29, 1.82) is 0 Å². The Bertz CT molecular complexity index is 418. The number of hydrogen-bond acceptors (Lipinski definition) is 2. The molecule has 17 heavy (non-hydrogen) atoms. The third kappa shape index (κ3) is 4.99. The highest BCUT2D eigenvalue weighted by Gasteiger charge is 1.98. The fourth-order valence-corrected chi connectivity index (χ4v) is 1.30. The van der Waals surface area contributed by atoms with Crippen molar-refractivity contribution < 1.29 is 13.9 Å². The summed E-state index contributed by atoms with van der Waals surface area (Å²) in [5.41, 5.74) is 1.39. The zero-order valence-corrected chi connectivity index (χ0v) is 10.4. The molecule has 1 aromatic carbocycles. The van der Waals surface area contributed by atoms with Gasteiger partial charge in [-0.3, -0.25) is 0 Å². The molecular formula is C14H17FO2. The van der Waals surface area contributed by atoms with Gasteiger partial charge in [-0.05, 0) is 44.5 Å². The largest absolute Gasteiger partial charge is 0.353 e. The fraction of sp³-hybridized carbons (Fsp3) is 0.429. The standard InChI is InChI=1S/C14H17FO2/c1-4-16-12(3)17-9-5-6-13-7-8-14(15)11(2)10-13/h7-8,10,12H,4,9H2,1-3H3. The third-order valence-corrected chi connectivity index (χ3v) is 2.18. The third-order valence-electron chi connectivity index (χ3n) is 2.18. The molecule has 3 heteroatoms. The van der Waals surface area contributed by atoms with Crippen LogP contribution in [-0.2, 0) is 9.47 Å². The molecule has 0 bridgehead atoms. The molecule has 0 saturated heterocycles. The maximum Gasteiger partial charge on any atom is 0.156 e. The summed E-state index contributed by atoms with van der Waals surface area (Å²) in [7, 11) is 0. The highest BCUT2D eigenvalue weighted by molar-refractivity contribution is 5.37. The summed E-state index contributed by atoms with van der Waals surface area (Å²) in [6.45, 7) is 6.37. The summed E-state index contributed by atoms with van der Waals surface area (Å²) < 4.78 is 23.5. The average Bonchev–Trinajstić information content (AvgIpc) is 2.29. The van der Waals surface area contributed by atoms with Crippen molar-refractivity contribution in [2.75, 3.05) is 13.2 Å². The van der Waals surface area contributed by atoms with Crippen LogP contribution in [0.5, 0.6) is 0 Å². The minimum absolute atomic E-state index is 0.211. The molecule has 92 valence electrons. The first kappa shape index (κ1) is 13.7. The quantitative estimate of drug-likeness (QED) is 0.591. The van der Waals surface area contributed by atoms with E-state index in [1.807, 2.05) is 13.8 Å². The molecule has 0 N–H and O–H groups in total. The molecule has 0 radical (unpaired) electrons. The monoisotopic (exact) mass is 236 g/mol. The molecule has 0 amide bonds. The number of ether oxygens (including phenoxy) is 2. The predicted octanol–water partition coefficient (Wildman–Crippen LogP) is 2.88. The Balaban J connectivity index is 2.46. The smallest absolute Gasteiger partial charge is 0.156 e. The van der Waals surface area contributed by atoms with Crippen LogP contribution in [0.4, 0.5) is 4.39 Å². The van der Waals surface area contributed by atoms with Crippen LogP contribution >= 0.6 is 0 Å². The van der Waals surface area contributed by atoms with Crippen LogP contribution in [0.15, 0.2) is 18.2 Å². The number of halogens is 1. The van der Waals surface area contributed by atoms with Gasteiger partial charge in [-0.1, -0.05) is 11.8 Å².